The lowest BCUT2D eigenvalue weighted by molar-refractivity contribution is -0.137. The molecule has 4 rings (SSSR count). The molecule has 5 nitrogen and oxygen atoms in total. The number of carbonyl (C=O) groups is 1. The fourth-order valence-corrected chi connectivity index (χ4v) is 3.33. The van der Waals surface area contributed by atoms with Crippen molar-refractivity contribution < 1.29 is 18.0 Å². The van der Waals surface area contributed by atoms with Crippen LogP contribution < -0.4 is 5.32 Å². The SMILES string of the molecule is N#Cc1ccccc1-n1ncc2c(C(=O)NCc3cccc(C(F)(F)F)c3)cccc21. The van der Waals surface area contributed by atoms with Crippen molar-refractivity contribution in [1.29, 1.82) is 5.26 Å². The summed E-state index contributed by atoms with van der Waals surface area (Å²) in [5, 5.41) is 16.9. The van der Waals surface area contributed by atoms with E-state index in [0.29, 0.717) is 33.3 Å². The van der Waals surface area contributed by atoms with E-state index in [-0.39, 0.29) is 6.54 Å². The standard InChI is InChI=1S/C23H15F3N4O/c24-23(25,26)17-7-3-5-15(11-17)13-28-22(31)18-8-4-10-21-19(18)14-29-30(21)20-9-2-1-6-16(20)12-27/h1-11,14H,13H2,(H,28,31). The summed E-state index contributed by atoms with van der Waals surface area (Å²) in [7, 11) is 0. The summed E-state index contributed by atoms with van der Waals surface area (Å²) in [5.74, 6) is -0.434. The van der Waals surface area contributed by atoms with Crippen LogP contribution in [0.4, 0.5) is 13.2 Å². The van der Waals surface area contributed by atoms with Crippen molar-refractivity contribution in [2.75, 3.05) is 0 Å². The summed E-state index contributed by atoms with van der Waals surface area (Å²) in [6.45, 7) is -0.0510. The van der Waals surface area contributed by atoms with E-state index in [9.17, 15) is 23.2 Å². The van der Waals surface area contributed by atoms with Crippen LogP contribution in [0.25, 0.3) is 16.6 Å². The zero-order chi connectivity index (χ0) is 22.0. The second-order valence-electron chi connectivity index (χ2n) is 6.80. The fraction of sp³-hybridized carbons (Fsp3) is 0.0870. The van der Waals surface area contributed by atoms with E-state index in [4.69, 9.17) is 0 Å². The van der Waals surface area contributed by atoms with Gasteiger partial charge in [0.05, 0.1) is 34.1 Å². The average molecular weight is 420 g/mol. The molecule has 0 spiro atoms. The largest absolute Gasteiger partial charge is 0.416 e. The van der Waals surface area contributed by atoms with Crippen molar-refractivity contribution in [2.45, 2.75) is 12.7 Å². The third-order valence-electron chi connectivity index (χ3n) is 4.82. The normalized spacial score (nSPS) is 11.3. The Hall–Kier alpha value is -4.12. The van der Waals surface area contributed by atoms with Crippen molar-refractivity contribution >= 4 is 16.8 Å². The van der Waals surface area contributed by atoms with Crippen LogP contribution in [0, 0.1) is 11.3 Å². The average Bonchev–Trinajstić information content (AvgIpc) is 3.21. The van der Waals surface area contributed by atoms with Gasteiger partial charge < -0.3 is 5.32 Å². The van der Waals surface area contributed by atoms with Crippen molar-refractivity contribution in [3.8, 4) is 11.8 Å². The highest BCUT2D eigenvalue weighted by Crippen LogP contribution is 2.29. The minimum atomic E-state index is -4.44. The van der Waals surface area contributed by atoms with Crippen LogP contribution in [0.15, 0.2) is 72.9 Å². The van der Waals surface area contributed by atoms with Gasteiger partial charge in [-0.3, -0.25) is 4.79 Å². The Bertz CT molecular complexity index is 1320. The predicted molar refractivity (Wildman–Crippen MR) is 108 cm³/mol. The number of nitrogens with one attached hydrogen (secondary N) is 1. The van der Waals surface area contributed by atoms with Crippen molar-refractivity contribution in [3.63, 3.8) is 0 Å². The summed E-state index contributed by atoms with van der Waals surface area (Å²) in [5.41, 5.74) is 1.57. The topological polar surface area (TPSA) is 70.7 Å². The van der Waals surface area contributed by atoms with Gasteiger partial charge >= 0.3 is 6.18 Å². The predicted octanol–water partition coefficient (Wildman–Crippen LogP) is 4.85. The molecule has 0 radical (unpaired) electrons. The molecule has 1 amide bonds. The lowest BCUT2D eigenvalue weighted by Gasteiger charge is -2.10. The first-order valence-electron chi connectivity index (χ1n) is 9.29. The Balaban J connectivity index is 1.62. The highest BCUT2D eigenvalue weighted by Gasteiger charge is 2.30. The Morgan fingerprint density at radius 3 is 2.61 bits per heavy atom. The lowest BCUT2D eigenvalue weighted by Crippen LogP contribution is -2.23. The summed E-state index contributed by atoms with van der Waals surface area (Å²) in [6, 6.07) is 19.0. The van der Waals surface area contributed by atoms with Crippen molar-refractivity contribution in [3.05, 3.63) is 95.2 Å². The molecule has 1 N–H and O–H groups in total. The molecule has 0 unspecified atom stereocenters. The smallest absolute Gasteiger partial charge is 0.348 e. The molecule has 0 bridgehead atoms. The van der Waals surface area contributed by atoms with Gasteiger partial charge in [0.1, 0.15) is 6.07 Å². The van der Waals surface area contributed by atoms with Gasteiger partial charge in [-0.2, -0.15) is 23.5 Å². The number of amides is 1. The van der Waals surface area contributed by atoms with Gasteiger partial charge in [0.15, 0.2) is 0 Å². The molecule has 0 aliphatic heterocycles. The van der Waals surface area contributed by atoms with E-state index >= 15 is 0 Å². The van der Waals surface area contributed by atoms with Crippen LogP contribution in [-0.4, -0.2) is 15.7 Å². The maximum atomic E-state index is 12.9. The third-order valence-corrected chi connectivity index (χ3v) is 4.82. The Morgan fingerprint density at radius 2 is 1.84 bits per heavy atom. The van der Waals surface area contributed by atoms with Gasteiger partial charge in [-0.25, -0.2) is 4.68 Å². The van der Waals surface area contributed by atoms with Crippen LogP contribution in [-0.2, 0) is 12.7 Å². The summed E-state index contributed by atoms with van der Waals surface area (Å²) in [6.07, 6.45) is -2.91. The highest BCUT2D eigenvalue weighted by atomic mass is 19.4. The van der Waals surface area contributed by atoms with E-state index in [1.807, 2.05) is 0 Å². The zero-order valence-corrected chi connectivity index (χ0v) is 16.0. The molecular formula is C23H15F3N4O. The van der Waals surface area contributed by atoms with Crippen LogP contribution >= 0.6 is 0 Å². The number of aromatic nitrogens is 2. The number of rotatable bonds is 4. The Labute approximate surface area is 175 Å². The molecule has 1 heterocycles. The van der Waals surface area contributed by atoms with Gasteiger partial charge in [0.2, 0.25) is 0 Å². The minimum Gasteiger partial charge on any atom is -0.348 e. The molecule has 0 saturated carbocycles. The maximum Gasteiger partial charge on any atom is 0.416 e. The van der Waals surface area contributed by atoms with Crippen LogP contribution in [0.1, 0.15) is 27.0 Å². The van der Waals surface area contributed by atoms with Crippen LogP contribution in [0.2, 0.25) is 0 Å². The molecular weight excluding hydrogens is 405 g/mol. The molecule has 0 aliphatic rings. The molecule has 1 aromatic heterocycles. The molecule has 0 saturated heterocycles. The number of benzene rings is 3. The fourth-order valence-electron chi connectivity index (χ4n) is 3.33. The molecule has 0 atom stereocenters. The number of nitriles is 1. The van der Waals surface area contributed by atoms with Crippen molar-refractivity contribution in [1.82, 2.24) is 15.1 Å². The summed E-state index contributed by atoms with van der Waals surface area (Å²) in [4.78, 5) is 12.8. The monoisotopic (exact) mass is 420 g/mol. The number of alkyl halides is 3. The number of hydrogen-bond donors (Lipinski definition) is 1. The number of fused-ring (bicyclic) bond motifs is 1. The number of halogens is 3. The Morgan fingerprint density at radius 1 is 1.06 bits per heavy atom. The first-order valence-corrected chi connectivity index (χ1v) is 9.29. The van der Waals surface area contributed by atoms with Crippen LogP contribution in [0.3, 0.4) is 0 Å². The van der Waals surface area contributed by atoms with E-state index < -0.39 is 17.6 Å². The van der Waals surface area contributed by atoms with E-state index in [1.54, 1.807) is 47.1 Å². The summed E-state index contributed by atoms with van der Waals surface area (Å²) >= 11 is 0. The van der Waals surface area contributed by atoms with E-state index in [2.05, 4.69) is 16.5 Å². The number of nitrogens with zero attached hydrogens (tertiary/aromatic N) is 3. The van der Waals surface area contributed by atoms with Gasteiger partial charge in [0, 0.05) is 11.9 Å². The third kappa shape index (κ3) is 3.98. The summed E-state index contributed by atoms with van der Waals surface area (Å²) < 4.78 is 40.2. The molecule has 4 aromatic rings. The second kappa shape index (κ2) is 7.95. The van der Waals surface area contributed by atoms with Crippen molar-refractivity contribution in [2.24, 2.45) is 0 Å². The first kappa shape index (κ1) is 20.2. The van der Waals surface area contributed by atoms with Crippen LogP contribution in [0.5, 0.6) is 0 Å². The van der Waals surface area contributed by atoms with Gasteiger partial charge in [0.25, 0.3) is 5.91 Å². The number of hydrogen-bond acceptors (Lipinski definition) is 3. The first-order chi connectivity index (χ1) is 14.9. The Kier molecular flexibility index (Phi) is 5.17. The van der Waals surface area contributed by atoms with Gasteiger partial charge in [-0.1, -0.05) is 30.3 Å². The molecule has 3 aromatic carbocycles. The van der Waals surface area contributed by atoms with Gasteiger partial charge in [-0.05, 0) is 42.0 Å². The second-order valence-corrected chi connectivity index (χ2v) is 6.80. The number of para-hydroxylation sites is 1. The molecule has 31 heavy (non-hydrogen) atoms. The quantitative estimate of drug-likeness (QED) is 0.513. The lowest BCUT2D eigenvalue weighted by atomic mass is 10.1. The molecule has 154 valence electrons. The highest BCUT2D eigenvalue weighted by molar-refractivity contribution is 6.06. The minimum absolute atomic E-state index is 0.0510. The maximum absolute atomic E-state index is 12.9. The molecule has 0 fully saturated rings. The van der Waals surface area contributed by atoms with E-state index in [1.165, 1.54) is 18.3 Å². The zero-order valence-electron chi connectivity index (χ0n) is 16.0. The van der Waals surface area contributed by atoms with E-state index in [0.717, 1.165) is 12.1 Å². The molecule has 0 aliphatic carbocycles. The van der Waals surface area contributed by atoms with Gasteiger partial charge in [-0.15, -0.1) is 0 Å². The number of carbonyl (C=O) groups excluding carboxylic acids is 1. The molecule has 8 heteroatoms.